The van der Waals surface area contributed by atoms with Gasteiger partial charge in [-0.25, -0.2) is 14.5 Å². The third kappa shape index (κ3) is 1.54. The van der Waals surface area contributed by atoms with E-state index in [4.69, 9.17) is 0 Å². The lowest BCUT2D eigenvalue weighted by atomic mass is 10.3. The maximum Gasteiger partial charge on any atom is 0.300 e. The summed E-state index contributed by atoms with van der Waals surface area (Å²) in [7, 11) is 2.03. The van der Waals surface area contributed by atoms with Crippen LogP contribution in [0.15, 0.2) is 0 Å². The van der Waals surface area contributed by atoms with E-state index >= 15 is 0 Å². The van der Waals surface area contributed by atoms with Gasteiger partial charge in [-0.05, 0) is 18.8 Å². The summed E-state index contributed by atoms with van der Waals surface area (Å²) in [6, 6.07) is 0. The zero-order valence-corrected chi connectivity index (χ0v) is 10.5. The number of rotatable bonds is 1. The van der Waals surface area contributed by atoms with Gasteiger partial charge in [0.25, 0.3) is 5.65 Å². The van der Waals surface area contributed by atoms with Crippen LogP contribution in [-0.2, 0) is 13.5 Å². The van der Waals surface area contributed by atoms with Crippen LogP contribution in [-0.4, -0.2) is 15.0 Å². The van der Waals surface area contributed by atoms with Gasteiger partial charge in [-0.15, -0.1) is 0 Å². The van der Waals surface area contributed by atoms with E-state index in [-0.39, 0.29) is 0 Å². The molecule has 0 aliphatic carbocycles. The molecule has 0 aliphatic rings. The third-order valence-corrected chi connectivity index (χ3v) is 3.07. The van der Waals surface area contributed by atoms with Gasteiger partial charge in [0.1, 0.15) is 5.69 Å². The van der Waals surface area contributed by atoms with Crippen molar-refractivity contribution in [2.75, 3.05) is 0 Å². The molecule has 0 fully saturated rings. The largest absolute Gasteiger partial charge is 0.300 e. The molecule has 2 aromatic rings. The summed E-state index contributed by atoms with van der Waals surface area (Å²) in [5.41, 5.74) is 4.72. The van der Waals surface area contributed by atoms with Gasteiger partial charge < -0.3 is 0 Å². The normalized spacial score (nSPS) is 11.1. The molecule has 0 amide bonds. The van der Waals surface area contributed by atoms with E-state index in [0.717, 1.165) is 40.5 Å². The van der Waals surface area contributed by atoms with Crippen LogP contribution < -0.4 is 4.57 Å². The summed E-state index contributed by atoms with van der Waals surface area (Å²) >= 11 is 0. The highest BCUT2D eigenvalue weighted by Gasteiger charge is 2.18. The smallest absolute Gasteiger partial charge is 0.242 e. The Balaban J connectivity index is 2.87. The molecule has 0 bridgehead atoms. The molecule has 0 N–H and O–H groups in total. The van der Waals surface area contributed by atoms with E-state index in [1.54, 1.807) is 0 Å². The van der Waals surface area contributed by atoms with E-state index in [1.165, 1.54) is 0 Å². The molecule has 0 aromatic carbocycles. The first-order valence-corrected chi connectivity index (χ1v) is 5.55. The highest BCUT2D eigenvalue weighted by molar-refractivity contribution is 5.71. The molecule has 2 rings (SSSR count). The van der Waals surface area contributed by atoms with Crippen LogP contribution in [0, 0.1) is 20.8 Å². The van der Waals surface area contributed by atoms with E-state index < -0.39 is 0 Å². The van der Waals surface area contributed by atoms with Crippen LogP contribution in [0.25, 0.3) is 11.2 Å². The summed E-state index contributed by atoms with van der Waals surface area (Å²) in [5, 5.41) is 0. The molecular weight excluding hydrogens is 200 g/mol. The van der Waals surface area contributed by atoms with Crippen LogP contribution in [0.5, 0.6) is 0 Å². The molecule has 4 nitrogen and oxygen atoms in total. The van der Waals surface area contributed by atoms with Crippen LogP contribution in [0.4, 0.5) is 0 Å². The van der Waals surface area contributed by atoms with Crippen molar-refractivity contribution in [3.8, 4) is 0 Å². The molecule has 0 spiro atoms. The standard InChI is InChI=1S/C12H17N4/c1-6-10-15-12-11(9(4)16(10)5)13-7(2)8(3)14-12/h6H2,1-5H3/q+1. The minimum atomic E-state index is 0.760. The van der Waals surface area contributed by atoms with Gasteiger partial charge in [0.15, 0.2) is 5.52 Å². The fraction of sp³-hybridized carbons (Fsp3) is 0.500. The molecule has 0 atom stereocenters. The van der Waals surface area contributed by atoms with Crippen molar-refractivity contribution in [3.05, 3.63) is 22.9 Å². The fourth-order valence-electron chi connectivity index (χ4n) is 1.78. The summed E-state index contributed by atoms with van der Waals surface area (Å²) in [6.07, 6.45) is 0.905. The van der Waals surface area contributed by atoms with E-state index in [2.05, 4.69) is 33.4 Å². The van der Waals surface area contributed by atoms with Crippen molar-refractivity contribution in [2.24, 2.45) is 7.05 Å². The molecule has 0 saturated carbocycles. The summed E-state index contributed by atoms with van der Waals surface area (Å²) in [6.45, 7) is 8.11. The molecule has 2 aromatic heterocycles. The second kappa shape index (κ2) is 3.77. The zero-order chi connectivity index (χ0) is 11.9. The maximum absolute atomic E-state index is 4.57. The van der Waals surface area contributed by atoms with Crippen LogP contribution in [0.1, 0.15) is 29.8 Å². The molecule has 2 heterocycles. The van der Waals surface area contributed by atoms with Gasteiger partial charge in [-0.2, -0.15) is 0 Å². The Kier molecular flexibility index (Phi) is 2.58. The molecule has 0 aliphatic heterocycles. The first-order chi connectivity index (χ1) is 7.54. The summed E-state index contributed by atoms with van der Waals surface area (Å²) < 4.78 is 2.09. The van der Waals surface area contributed by atoms with Gasteiger partial charge >= 0.3 is 5.82 Å². The SMILES string of the molecule is CCc1nc2nc(C)c(C)nc2c(C)[n+]1C. The Hall–Kier alpha value is -1.58. The lowest BCUT2D eigenvalue weighted by molar-refractivity contribution is -0.686. The van der Waals surface area contributed by atoms with Crippen molar-refractivity contribution < 1.29 is 4.57 Å². The Labute approximate surface area is 95.4 Å². The van der Waals surface area contributed by atoms with Crippen molar-refractivity contribution >= 4 is 11.2 Å². The Morgan fingerprint density at radius 1 is 1.00 bits per heavy atom. The molecule has 0 radical (unpaired) electrons. The Morgan fingerprint density at radius 2 is 1.62 bits per heavy atom. The van der Waals surface area contributed by atoms with E-state index in [1.807, 2.05) is 20.9 Å². The first-order valence-electron chi connectivity index (χ1n) is 5.55. The Morgan fingerprint density at radius 3 is 2.25 bits per heavy atom. The van der Waals surface area contributed by atoms with Gasteiger partial charge in [0, 0.05) is 6.92 Å². The average molecular weight is 217 g/mol. The zero-order valence-electron chi connectivity index (χ0n) is 10.5. The highest BCUT2D eigenvalue weighted by atomic mass is 15.1. The second-order valence-corrected chi connectivity index (χ2v) is 4.09. The van der Waals surface area contributed by atoms with Gasteiger partial charge in [-0.3, -0.25) is 0 Å². The van der Waals surface area contributed by atoms with Gasteiger partial charge in [-0.1, -0.05) is 6.92 Å². The maximum atomic E-state index is 4.57. The van der Waals surface area contributed by atoms with E-state index in [0.29, 0.717) is 0 Å². The van der Waals surface area contributed by atoms with Crippen LogP contribution in [0.3, 0.4) is 0 Å². The quantitative estimate of drug-likeness (QED) is 0.677. The molecule has 0 unspecified atom stereocenters. The van der Waals surface area contributed by atoms with Crippen molar-refractivity contribution in [1.82, 2.24) is 15.0 Å². The number of hydrogen-bond donors (Lipinski definition) is 0. The minimum absolute atomic E-state index is 0.760. The molecule has 84 valence electrons. The molecular formula is C12H17N4+. The van der Waals surface area contributed by atoms with Gasteiger partial charge in [0.05, 0.1) is 24.9 Å². The number of aromatic nitrogens is 4. The van der Waals surface area contributed by atoms with Crippen LogP contribution >= 0.6 is 0 Å². The van der Waals surface area contributed by atoms with Crippen molar-refractivity contribution in [3.63, 3.8) is 0 Å². The lowest BCUT2D eigenvalue weighted by Crippen LogP contribution is -2.38. The topological polar surface area (TPSA) is 42.6 Å². The first kappa shape index (κ1) is 10.9. The summed E-state index contributed by atoms with van der Waals surface area (Å²) in [5.74, 6) is 1.04. The van der Waals surface area contributed by atoms with Crippen molar-refractivity contribution in [2.45, 2.75) is 34.1 Å². The highest BCUT2D eigenvalue weighted by Crippen LogP contribution is 2.12. The fourth-order valence-corrected chi connectivity index (χ4v) is 1.78. The average Bonchev–Trinajstić information content (AvgIpc) is 2.26. The third-order valence-electron chi connectivity index (χ3n) is 3.07. The lowest BCUT2D eigenvalue weighted by Gasteiger charge is -2.04. The second-order valence-electron chi connectivity index (χ2n) is 4.09. The molecule has 4 heteroatoms. The van der Waals surface area contributed by atoms with E-state index in [9.17, 15) is 0 Å². The predicted molar refractivity (Wildman–Crippen MR) is 62.1 cm³/mol. The minimum Gasteiger partial charge on any atom is -0.242 e. The monoisotopic (exact) mass is 217 g/mol. The number of fused-ring (bicyclic) bond motifs is 1. The van der Waals surface area contributed by atoms with Gasteiger partial charge in [0.2, 0.25) is 0 Å². The number of nitrogens with zero attached hydrogens (tertiary/aromatic N) is 4. The Bertz CT molecular complexity index is 561. The molecule has 0 saturated heterocycles. The predicted octanol–water partition coefficient (Wildman–Crippen LogP) is 1.34. The van der Waals surface area contributed by atoms with Crippen LogP contribution in [0.2, 0.25) is 0 Å². The summed E-state index contributed by atoms with van der Waals surface area (Å²) in [4.78, 5) is 13.6. The van der Waals surface area contributed by atoms with Crippen molar-refractivity contribution in [1.29, 1.82) is 0 Å². The number of hydrogen-bond acceptors (Lipinski definition) is 3. The molecule has 16 heavy (non-hydrogen) atoms. The number of aryl methyl sites for hydroxylation is 4.